The minimum absolute atomic E-state index is 0.0479. The normalized spacial score (nSPS) is 11.7. The highest BCUT2D eigenvalue weighted by atomic mass is 16.4. The van der Waals surface area contributed by atoms with Crippen LogP contribution in [0.2, 0.25) is 0 Å². The van der Waals surface area contributed by atoms with Gasteiger partial charge in [-0.3, -0.25) is 14.4 Å². The van der Waals surface area contributed by atoms with Crippen molar-refractivity contribution in [2.45, 2.75) is 32.6 Å². The fourth-order valence-corrected chi connectivity index (χ4v) is 1.99. The van der Waals surface area contributed by atoms with Crippen molar-refractivity contribution in [2.24, 2.45) is 5.92 Å². The van der Waals surface area contributed by atoms with Crippen LogP contribution in [0.25, 0.3) is 0 Å². The molecule has 0 aliphatic carbocycles. The second kappa shape index (κ2) is 8.15. The van der Waals surface area contributed by atoms with Crippen LogP contribution in [0.5, 0.6) is 0 Å². The molecule has 0 aliphatic heterocycles. The molecule has 1 aromatic rings. The fraction of sp³-hybridized carbons (Fsp3) is 0.353. The van der Waals surface area contributed by atoms with Gasteiger partial charge in [-0.1, -0.05) is 36.9 Å². The Balaban J connectivity index is 2.54. The maximum absolute atomic E-state index is 11.8. The first-order chi connectivity index (χ1) is 9.90. The SMILES string of the molecule is C=C(C)C(=O)CCC(=O)CC(Cc1ccccc1)C(=O)O. The Morgan fingerprint density at radius 1 is 1.14 bits per heavy atom. The van der Waals surface area contributed by atoms with Crippen LogP contribution in [0, 0.1) is 5.92 Å². The molecule has 0 amide bonds. The van der Waals surface area contributed by atoms with E-state index in [-0.39, 0.29) is 30.8 Å². The number of Topliss-reactive ketones (excluding diaryl/α,β-unsaturated/α-hetero) is 2. The second-order valence-electron chi connectivity index (χ2n) is 5.17. The van der Waals surface area contributed by atoms with Crippen LogP contribution in [0.15, 0.2) is 42.5 Å². The number of allylic oxidation sites excluding steroid dienone is 1. The first-order valence-corrected chi connectivity index (χ1v) is 6.87. The lowest BCUT2D eigenvalue weighted by molar-refractivity contribution is -0.143. The van der Waals surface area contributed by atoms with Gasteiger partial charge in [0.1, 0.15) is 5.78 Å². The number of carboxylic acids is 1. The van der Waals surface area contributed by atoms with E-state index in [1.54, 1.807) is 6.92 Å². The van der Waals surface area contributed by atoms with Gasteiger partial charge in [-0.05, 0) is 24.5 Å². The van der Waals surface area contributed by atoms with Crippen molar-refractivity contribution in [1.82, 2.24) is 0 Å². The maximum atomic E-state index is 11.8. The van der Waals surface area contributed by atoms with Crippen LogP contribution in [0.3, 0.4) is 0 Å². The summed E-state index contributed by atoms with van der Waals surface area (Å²) < 4.78 is 0. The molecule has 0 aromatic heterocycles. The van der Waals surface area contributed by atoms with Crippen molar-refractivity contribution in [3.8, 4) is 0 Å². The van der Waals surface area contributed by atoms with Crippen LogP contribution < -0.4 is 0 Å². The molecule has 4 nitrogen and oxygen atoms in total. The molecule has 21 heavy (non-hydrogen) atoms. The molecule has 0 saturated heterocycles. The van der Waals surface area contributed by atoms with Crippen molar-refractivity contribution < 1.29 is 19.5 Å². The Morgan fingerprint density at radius 2 is 1.76 bits per heavy atom. The quantitative estimate of drug-likeness (QED) is 0.709. The molecule has 112 valence electrons. The molecule has 1 atom stereocenters. The number of carbonyl (C=O) groups excluding carboxylic acids is 2. The van der Waals surface area contributed by atoms with Gasteiger partial charge < -0.3 is 5.11 Å². The Morgan fingerprint density at radius 3 is 2.29 bits per heavy atom. The minimum Gasteiger partial charge on any atom is -0.481 e. The topological polar surface area (TPSA) is 71.4 Å². The number of aliphatic carboxylic acids is 1. The molecule has 4 heteroatoms. The van der Waals surface area contributed by atoms with E-state index in [0.29, 0.717) is 12.0 Å². The van der Waals surface area contributed by atoms with E-state index in [2.05, 4.69) is 6.58 Å². The zero-order valence-corrected chi connectivity index (χ0v) is 12.2. The summed E-state index contributed by atoms with van der Waals surface area (Å²) in [5, 5.41) is 9.22. The zero-order valence-electron chi connectivity index (χ0n) is 12.2. The van der Waals surface area contributed by atoms with Crippen molar-refractivity contribution in [3.05, 3.63) is 48.0 Å². The highest BCUT2D eigenvalue weighted by molar-refractivity contribution is 5.96. The molecular formula is C17H20O4. The van der Waals surface area contributed by atoms with Gasteiger partial charge in [-0.25, -0.2) is 0 Å². The van der Waals surface area contributed by atoms with Crippen LogP contribution >= 0.6 is 0 Å². The van der Waals surface area contributed by atoms with E-state index < -0.39 is 11.9 Å². The molecule has 1 unspecified atom stereocenters. The predicted octanol–water partition coefficient (Wildman–Crippen LogP) is 2.81. The number of hydrogen-bond acceptors (Lipinski definition) is 3. The van der Waals surface area contributed by atoms with Crippen LogP contribution in [-0.2, 0) is 20.8 Å². The number of carboxylic acid groups (broad SMARTS) is 1. The first kappa shape index (κ1) is 16.8. The van der Waals surface area contributed by atoms with Gasteiger partial charge in [0.15, 0.2) is 5.78 Å². The molecule has 0 bridgehead atoms. The lowest BCUT2D eigenvalue weighted by Gasteiger charge is -2.11. The average Bonchev–Trinajstić information content (AvgIpc) is 2.44. The summed E-state index contributed by atoms with van der Waals surface area (Å²) in [6.07, 6.45) is 0.445. The highest BCUT2D eigenvalue weighted by Crippen LogP contribution is 2.15. The van der Waals surface area contributed by atoms with Gasteiger partial charge in [0.2, 0.25) is 0 Å². The summed E-state index contributed by atoms with van der Waals surface area (Å²) in [5.74, 6) is -2.09. The van der Waals surface area contributed by atoms with Crippen LogP contribution in [0.1, 0.15) is 31.7 Å². The third-order valence-electron chi connectivity index (χ3n) is 3.26. The molecule has 1 aromatic carbocycles. The van der Waals surface area contributed by atoms with Crippen molar-refractivity contribution >= 4 is 17.5 Å². The van der Waals surface area contributed by atoms with Gasteiger partial charge in [-0.2, -0.15) is 0 Å². The van der Waals surface area contributed by atoms with Gasteiger partial charge in [0.25, 0.3) is 0 Å². The summed E-state index contributed by atoms with van der Waals surface area (Å²) in [6.45, 7) is 5.12. The van der Waals surface area contributed by atoms with Gasteiger partial charge >= 0.3 is 5.97 Å². The van der Waals surface area contributed by atoms with E-state index in [1.807, 2.05) is 30.3 Å². The van der Waals surface area contributed by atoms with E-state index in [0.717, 1.165) is 5.56 Å². The first-order valence-electron chi connectivity index (χ1n) is 6.87. The van der Waals surface area contributed by atoms with Crippen molar-refractivity contribution in [2.75, 3.05) is 0 Å². The largest absolute Gasteiger partial charge is 0.481 e. The summed E-state index contributed by atoms with van der Waals surface area (Å²) in [5.41, 5.74) is 1.30. The highest BCUT2D eigenvalue weighted by Gasteiger charge is 2.22. The van der Waals surface area contributed by atoms with Crippen molar-refractivity contribution in [1.29, 1.82) is 0 Å². The van der Waals surface area contributed by atoms with Crippen LogP contribution in [-0.4, -0.2) is 22.6 Å². The lowest BCUT2D eigenvalue weighted by atomic mass is 9.92. The molecule has 0 saturated carbocycles. The monoisotopic (exact) mass is 288 g/mol. The Bertz CT molecular complexity index is 531. The number of ketones is 2. The standard InChI is InChI=1S/C17H20O4/c1-12(2)16(19)9-8-15(18)11-14(17(20)21)10-13-6-4-3-5-7-13/h3-7,14H,1,8-11H2,2H3,(H,20,21). The second-order valence-corrected chi connectivity index (χ2v) is 5.17. The fourth-order valence-electron chi connectivity index (χ4n) is 1.99. The maximum Gasteiger partial charge on any atom is 0.307 e. The predicted molar refractivity (Wildman–Crippen MR) is 80.0 cm³/mol. The molecule has 0 spiro atoms. The summed E-state index contributed by atoms with van der Waals surface area (Å²) in [7, 11) is 0. The van der Waals surface area contributed by atoms with E-state index in [9.17, 15) is 19.5 Å². The van der Waals surface area contributed by atoms with Crippen LogP contribution in [0.4, 0.5) is 0 Å². The Hall–Kier alpha value is -2.23. The molecule has 1 N–H and O–H groups in total. The number of benzene rings is 1. The average molecular weight is 288 g/mol. The third kappa shape index (κ3) is 6.17. The minimum atomic E-state index is -0.988. The molecular weight excluding hydrogens is 268 g/mol. The molecule has 1 rings (SSSR count). The van der Waals surface area contributed by atoms with E-state index >= 15 is 0 Å². The van der Waals surface area contributed by atoms with E-state index in [1.165, 1.54) is 0 Å². The Kier molecular flexibility index (Phi) is 6.53. The van der Waals surface area contributed by atoms with Gasteiger partial charge in [0.05, 0.1) is 5.92 Å². The molecule has 0 fully saturated rings. The summed E-state index contributed by atoms with van der Waals surface area (Å²) >= 11 is 0. The smallest absolute Gasteiger partial charge is 0.307 e. The van der Waals surface area contributed by atoms with E-state index in [4.69, 9.17) is 0 Å². The number of rotatable bonds is 9. The third-order valence-corrected chi connectivity index (χ3v) is 3.26. The summed E-state index contributed by atoms with van der Waals surface area (Å²) in [4.78, 5) is 34.5. The summed E-state index contributed by atoms with van der Waals surface area (Å²) in [6, 6.07) is 9.20. The lowest BCUT2D eigenvalue weighted by Crippen LogP contribution is -2.20. The number of hydrogen-bond donors (Lipinski definition) is 1. The van der Waals surface area contributed by atoms with Gasteiger partial charge in [-0.15, -0.1) is 0 Å². The Labute approximate surface area is 124 Å². The van der Waals surface area contributed by atoms with Gasteiger partial charge in [0, 0.05) is 19.3 Å². The number of carbonyl (C=O) groups is 3. The molecule has 0 aliphatic rings. The molecule has 0 heterocycles. The van der Waals surface area contributed by atoms with Crippen molar-refractivity contribution in [3.63, 3.8) is 0 Å². The zero-order chi connectivity index (χ0) is 15.8. The molecule has 0 radical (unpaired) electrons.